The van der Waals surface area contributed by atoms with Crippen LogP contribution in [0.3, 0.4) is 0 Å². The second kappa shape index (κ2) is 4.78. The molecule has 0 atom stereocenters. The second-order valence-electron chi connectivity index (χ2n) is 6.00. The first-order valence-electron chi connectivity index (χ1n) is 7.83. The van der Waals surface area contributed by atoms with Crippen molar-refractivity contribution in [3.63, 3.8) is 0 Å². The van der Waals surface area contributed by atoms with E-state index in [4.69, 9.17) is 0 Å². The van der Waals surface area contributed by atoms with Crippen molar-refractivity contribution >= 4 is 33.3 Å². The van der Waals surface area contributed by atoms with Gasteiger partial charge < -0.3 is 5.32 Å². The normalized spacial score (nSPS) is 14.4. The van der Waals surface area contributed by atoms with Gasteiger partial charge in [0.15, 0.2) is 5.82 Å². The lowest BCUT2D eigenvalue weighted by molar-refractivity contribution is 1.05. The van der Waals surface area contributed by atoms with Crippen molar-refractivity contribution in [1.82, 2.24) is 20.2 Å². The molecular weight excluding hydrogens is 286 g/mol. The fourth-order valence-corrected chi connectivity index (χ4v) is 3.04. The van der Waals surface area contributed by atoms with Crippen molar-refractivity contribution in [3.05, 3.63) is 54.5 Å². The molecule has 5 heteroatoms. The van der Waals surface area contributed by atoms with Gasteiger partial charge in [0, 0.05) is 29.4 Å². The quantitative estimate of drug-likeness (QED) is 0.597. The third-order valence-electron chi connectivity index (χ3n) is 4.34. The third kappa shape index (κ3) is 2.12. The maximum atomic E-state index is 4.57. The van der Waals surface area contributed by atoms with E-state index < -0.39 is 0 Å². The highest BCUT2D eigenvalue weighted by Crippen LogP contribution is 2.42. The van der Waals surface area contributed by atoms with Crippen LogP contribution in [0.4, 0.5) is 11.5 Å². The van der Waals surface area contributed by atoms with Crippen molar-refractivity contribution in [2.45, 2.75) is 18.8 Å². The first kappa shape index (κ1) is 12.6. The summed E-state index contributed by atoms with van der Waals surface area (Å²) in [4.78, 5) is 8.95. The standard InChI is InChI=1S/C18H15N5/c1-2-15-17(19-8-1)18(23-22-15)21-13-5-6-14-12(10-13)7-9-20-16(14)11-3-4-11/h1-2,5-11H,3-4H2,(H2,21,22,23). The average Bonchev–Trinajstić information content (AvgIpc) is 3.36. The number of benzene rings is 1. The number of nitrogens with one attached hydrogen (secondary N) is 2. The Labute approximate surface area is 132 Å². The molecule has 5 rings (SSSR count). The van der Waals surface area contributed by atoms with Gasteiger partial charge in [-0.3, -0.25) is 15.1 Å². The van der Waals surface area contributed by atoms with Crippen molar-refractivity contribution in [1.29, 1.82) is 0 Å². The summed E-state index contributed by atoms with van der Waals surface area (Å²) in [6.07, 6.45) is 6.20. The highest BCUT2D eigenvalue weighted by atomic mass is 15.2. The van der Waals surface area contributed by atoms with Gasteiger partial charge in [-0.1, -0.05) is 6.07 Å². The van der Waals surface area contributed by atoms with Crippen molar-refractivity contribution < 1.29 is 0 Å². The van der Waals surface area contributed by atoms with E-state index in [1.54, 1.807) is 6.20 Å². The summed E-state index contributed by atoms with van der Waals surface area (Å²) in [7, 11) is 0. The number of pyridine rings is 2. The number of aromatic amines is 1. The topological polar surface area (TPSA) is 66.5 Å². The predicted octanol–water partition coefficient (Wildman–Crippen LogP) is 4.13. The number of aromatic nitrogens is 4. The summed E-state index contributed by atoms with van der Waals surface area (Å²) in [5.41, 5.74) is 4.02. The Kier molecular flexibility index (Phi) is 2.61. The number of nitrogens with zero attached hydrogens (tertiary/aromatic N) is 3. The van der Waals surface area contributed by atoms with Gasteiger partial charge in [-0.25, -0.2) is 0 Å². The average molecular weight is 301 g/mol. The van der Waals surface area contributed by atoms with Gasteiger partial charge in [0.05, 0.1) is 11.2 Å². The van der Waals surface area contributed by atoms with Crippen LogP contribution in [0.2, 0.25) is 0 Å². The Morgan fingerprint density at radius 1 is 1.04 bits per heavy atom. The molecule has 5 nitrogen and oxygen atoms in total. The van der Waals surface area contributed by atoms with E-state index in [1.807, 2.05) is 18.3 Å². The highest BCUT2D eigenvalue weighted by molar-refractivity contribution is 5.91. The number of hydrogen-bond donors (Lipinski definition) is 2. The molecule has 1 aromatic carbocycles. The van der Waals surface area contributed by atoms with E-state index in [0.717, 1.165) is 22.5 Å². The summed E-state index contributed by atoms with van der Waals surface area (Å²) in [6, 6.07) is 12.3. The van der Waals surface area contributed by atoms with E-state index in [1.165, 1.54) is 29.3 Å². The minimum absolute atomic E-state index is 0.650. The van der Waals surface area contributed by atoms with Gasteiger partial charge >= 0.3 is 0 Å². The molecule has 23 heavy (non-hydrogen) atoms. The lowest BCUT2D eigenvalue weighted by atomic mass is 10.1. The van der Waals surface area contributed by atoms with Gasteiger partial charge in [0.25, 0.3) is 0 Å². The zero-order valence-corrected chi connectivity index (χ0v) is 12.5. The van der Waals surface area contributed by atoms with E-state index in [2.05, 4.69) is 49.7 Å². The SMILES string of the molecule is c1cnc2c(Nc3ccc4c(C5CC5)nccc4c3)n[nH]c2c1. The summed E-state index contributed by atoms with van der Waals surface area (Å²) < 4.78 is 0. The minimum Gasteiger partial charge on any atom is -0.337 e. The highest BCUT2D eigenvalue weighted by Gasteiger charge is 2.26. The molecule has 1 saturated carbocycles. The van der Waals surface area contributed by atoms with Crippen LogP contribution in [0.15, 0.2) is 48.8 Å². The number of H-pyrrole nitrogens is 1. The number of anilines is 2. The summed E-state index contributed by atoms with van der Waals surface area (Å²) in [6.45, 7) is 0. The summed E-state index contributed by atoms with van der Waals surface area (Å²) in [5, 5.41) is 13.1. The maximum absolute atomic E-state index is 4.57. The molecule has 0 bridgehead atoms. The fourth-order valence-electron chi connectivity index (χ4n) is 3.04. The van der Waals surface area contributed by atoms with Crippen LogP contribution in [-0.2, 0) is 0 Å². The molecule has 0 radical (unpaired) electrons. The zero-order valence-electron chi connectivity index (χ0n) is 12.5. The van der Waals surface area contributed by atoms with Crippen molar-refractivity contribution in [2.24, 2.45) is 0 Å². The maximum Gasteiger partial charge on any atom is 0.178 e. The van der Waals surface area contributed by atoms with Crippen LogP contribution in [-0.4, -0.2) is 20.2 Å². The molecular formula is C18H15N5. The van der Waals surface area contributed by atoms with E-state index in [-0.39, 0.29) is 0 Å². The van der Waals surface area contributed by atoms with Crippen LogP contribution in [0, 0.1) is 0 Å². The smallest absolute Gasteiger partial charge is 0.178 e. The molecule has 0 saturated heterocycles. The van der Waals surface area contributed by atoms with Crippen LogP contribution in [0.25, 0.3) is 21.8 Å². The molecule has 2 N–H and O–H groups in total. The minimum atomic E-state index is 0.650. The van der Waals surface area contributed by atoms with E-state index in [0.29, 0.717) is 5.92 Å². The molecule has 0 unspecified atom stereocenters. The van der Waals surface area contributed by atoms with Gasteiger partial charge in [-0.15, -0.1) is 0 Å². The third-order valence-corrected chi connectivity index (χ3v) is 4.34. The van der Waals surface area contributed by atoms with Crippen LogP contribution < -0.4 is 5.32 Å². The molecule has 3 heterocycles. The molecule has 112 valence electrons. The number of rotatable bonds is 3. The molecule has 3 aromatic heterocycles. The van der Waals surface area contributed by atoms with Crippen LogP contribution in [0.5, 0.6) is 0 Å². The molecule has 1 aliphatic rings. The number of hydrogen-bond acceptors (Lipinski definition) is 4. The zero-order chi connectivity index (χ0) is 15.2. The van der Waals surface area contributed by atoms with Gasteiger partial charge in [-0.05, 0) is 48.6 Å². The van der Waals surface area contributed by atoms with Crippen LogP contribution >= 0.6 is 0 Å². The Morgan fingerprint density at radius 3 is 2.91 bits per heavy atom. The van der Waals surface area contributed by atoms with Gasteiger partial charge in [-0.2, -0.15) is 5.10 Å². The fraction of sp³-hybridized carbons (Fsp3) is 0.167. The molecule has 1 aliphatic carbocycles. The molecule has 0 amide bonds. The van der Waals surface area contributed by atoms with Crippen molar-refractivity contribution in [3.8, 4) is 0 Å². The Bertz CT molecular complexity index is 1020. The first-order chi connectivity index (χ1) is 11.4. The summed E-state index contributed by atoms with van der Waals surface area (Å²) in [5.74, 6) is 1.40. The lowest BCUT2D eigenvalue weighted by Gasteiger charge is -2.08. The van der Waals surface area contributed by atoms with Crippen molar-refractivity contribution in [2.75, 3.05) is 5.32 Å². The summed E-state index contributed by atoms with van der Waals surface area (Å²) >= 11 is 0. The van der Waals surface area contributed by atoms with Gasteiger partial charge in [0.1, 0.15) is 5.52 Å². The molecule has 4 aromatic rings. The Hall–Kier alpha value is -2.95. The Morgan fingerprint density at radius 2 is 2.00 bits per heavy atom. The molecule has 0 spiro atoms. The molecule has 0 aliphatic heterocycles. The first-order valence-corrected chi connectivity index (χ1v) is 7.83. The van der Waals surface area contributed by atoms with E-state index in [9.17, 15) is 0 Å². The second-order valence-corrected chi connectivity index (χ2v) is 6.00. The largest absolute Gasteiger partial charge is 0.337 e. The Balaban J connectivity index is 1.56. The monoisotopic (exact) mass is 301 g/mol. The van der Waals surface area contributed by atoms with Gasteiger partial charge in [0.2, 0.25) is 0 Å². The molecule has 1 fully saturated rings. The number of fused-ring (bicyclic) bond motifs is 2. The predicted molar refractivity (Wildman–Crippen MR) is 90.9 cm³/mol. The lowest BCUT2D eigenvalue weighted by Crippen LogP contribution is -1.93. The van der Waals surface area contributed by atoms with E-state index >= 15 is 0 Å². The van der Waals surface area contributed by atoms with Crippen LogP contribution in [0.1, 0.15) is 24.5 Å².